The molecule has 0 radical (unpaired) electrons. The molecule has 1 unspecified atom stereocenters. The third-order valence-electron chi connectivity index (χ3n) is 2.88. The molecule has 3 heteroatoms. The van der Waals surface area contributed by atoms with Crippen LogP contribution >= 0.6 is 22.9 Å². The lowest BCUT2D eigenvalue weighted by molar-refractivity contribution is 0.500. The zero-order valence-electron chi connectivity index (χ0n) is 9.93. The molecule has 0 aromatic carbocycles. The van der Waals surface area contributed by atoms with Gasteiger partial charge >= 0.3 is 0 Å². The molecule has 2 aromatic rings. The number of hydrogen-bond acceptors (Lipinski definition) is 2. The summed E-state index contributed by atoms with van der Waals surface area (Å²) in [5.74, 6) is 1.90. The molecule has 86 valence electrons. The van der Waals surface area contributed by atoms with E-state index in [1.165, 1.54) is 15.3 Å². The Morgan fingerprint density at radius 1 is 1.12 bits per heavy atom. The van der Waals surface area contributed by atoms with Gasteiger partial charge in [-0.25, -0.2) is 0 Å². The van der Waals surface area contributed by atoms with Crippen molar-refractivity contribution in [1.29, 1.82) is 0 Å². The van der Waals surface area contributed by atoms with Crippen LogP contribution in [0, 0.1) is 27.7 Å². The van der Waals surface area contributed by atoms with Crippen LogP contribution in [0.2, 0.25) is 0 Å². The largest absolute Gasteiger partial charge is 0.466 e. The summed E-state index contributed by atoms with van der Waals surface area (Å²) in [6.45, 7) is 8.12. The number of halogens is 1. The van der Waals surface area contributed by atoms with Crippen molar-refractivity contribution in [3.05, 3.63) is 44.5 Å². The molecule has 0 fully saturated rings. The van der Waals surface area contributed by atoms with Gasteiger partial charge < -0.3 is 4.42 Å². The molecule has 2 rings (SSSR count). The molecule has 2 heterocycles. The Hall–Kier alpha value is -0.730. The molecule has 0 aliphatic carbocycles. The van der Waals surface area contributed by atoms with Crippen LogP contribution in [0.3, 0.4) is 0 Å². The summed E-state index contributed by atoms with van der Waals surface area (Å²) >= 11 is 8.26. The van der Waals surface area contributed by atoms with Crippen molar-refractivity contribution in [2.45, 2.75) is 33.1 Å². The number of rotatable bonds is 2. The summed E-state index contributed by atoms with van der Waals surface area (Å²) in [7, 11) is 0. The molecule has 0 saturated carbocycles. The second-order valence-corrected chi connectivity index (χ2v) is 5.82. The third kappa shape index (κ3) is 1.92. The summed E-state index contributed by atoms with van der Waals surface area (Å²) in [4.78, 5) is 2.47. The normalized spacial score (nSPS) is 13.1. The van der Waals surface area contributed by atoms with E-state index in [-0.39, 0.29) is 5.38 Å². The topological polar surface area (TPSA) is 13.1 Å². The first-order chi connectivity index (χ1) is 7.50. The molecule has 0 amide bonds. The lowest BCUT2D eigenvalue weighted by atomic mass is 10.1. The van der Waals surface area contributed by atoms with E-state index < -0.39 is 0 Å². The van der Waals surface area contributed by atoms with Gasteiger partial charge in [0.2, 0.25) is 0 Å². The quantitative estimate of drug-likeness (QED) is 0.695. The second-order valence-electron chi connectivity index (χ2n) is 4.06. The highest BCUT2D eigenvalue weighted by molar-refractivity contribution is 7.12. The van der Waals surface area contributed by atoms with E-state index in [0.29, 0.717) is 0 Å². The molecular formula is C13H15ClOS. The van der Waals surface area contributed by atoms with E-state index in [2.05, 4.69) is 26.0 Å². The summed E-state index contributed by atoms with van der Waals surface area (Å²) in [6.07, 6.45) is 0. The van der Waals surface area contributed by atoms with Gasteiger partial charge in [-0.1, -0.05) is 0 Å². The van der Waals surface area contributed by atoms with E-state index >= 15 is 0 Å². The molecule has 0 N–H and O–H groups in total. The van der Waals surface area contributed by atoms with Gasteiger partial charge in [0.25, 0.3) is 0 Å². The van der Waals surface area contributed by atoms with Crippen molar-refractivity contribution in [2.24, 2.45) is 0 Å². The number of alkyl halides is 1. The summed E-state index contributed by atoms with van der Waals surface area (Å²) in [6, 6.07) is 4.20. The monoisotopic (exact) mass is 254 g/mol. The minimum Gasteiger partial charge on any atom is -0.466 e. The maximum atomic E-state index is 6.52. The highest BCUT2D eigenvalue weighted by Crippen LogP contribution is 2.38. The fourth-order valence-corrected chi connectivity index (χ4v) is 3.30. The van der Waals surface area contributed by atoms with Gasteiger partial charge in [0.1, 0.15) is 11.5 Å². The molecule has 0 aliphatic heterocycles. The third-order valence-corrected chi connectivity index (χ3v) is 4.53. The van der Waals surface area contributed by atoms with E-state index in [1.54, 1.807) is 11.3 Å². The first kappa shape index (κ1) is 11.7. The standard InChI is InChI=1S/C13H15ClOS/c1-7-5-6-11(16-7)13(14)12-8(2)9(3)15-10(12)4/h5-6,13H,1-4H3. The van der Waals surface area contributed by atoms with Crippen LogP contribution in [0.25, 0.3) is 0 Å². The molecule has 16 heavy (non-hydrogen) atoms. The van der Waals surface area contributed by atoms with Crippen molar-refractivity contribution < 1.29 is 4.42 Å². The Balaban J connectivity index is 2.44. The molecule has 0 spiro atoms. The van der Waals surface area contributed by atoms with Crippen molar-refractivity contribution in [1.82, 2.24) is 0 Å². The zero-order valence-corrected chi connectivity index (χ0v) is 11.5. The van der Waals surface area contributed by atoms with Gasteiger partial charge in [0.05, 0.1) is 5.38 Å². The highest BCUT2D eigenvalue weighted by Gasteiger charge is 2.21. The molecular weight excluding hydrogens is 240 g/mol. The maximum absolute atomic E-state index is 6.52. The van der Waals surface area contributed by atoms with Crippen LogP contribution in [-0.2, 0) is 0 Å². The average molecular weight is 255 g/mol. The summed E-state index contributed by atoms with van der Waals surface area (Å²) in [5.41, 5.74) is 2.30. The van der Waals surface area contributed by atoms with Crippen LogP contribution in [0.1, 0.15) is 37.8 Å². The predicted molar refractivity (Wildman–Crippen MR) is 69.7 cm³/mol. The molecule has 1 atom stereocenters. The minimum absolute atomic E-state index is 0.0869. The number of furan rings is 1. The number of hydrogen-bond donors (Lipinski definition) is 0. The van der Waals surface area contributed by atoms with Crippen LogP contribution in [0.15, 0.2) is 16.5 Å². The maximum Gasteiger partial charge on any atom is 0.106 e. The molecule has 2 aromatic heterocycles. The van der Waals surface area contributed by atoms with Gasteiger partial charge in [-0.05, 0) is 45.4 Å². The summed E-state index contributed by atoms with van der Waals surface area (Å²) < 4.78 is 5.61. The Kier molecular flexibility index (Phi) is 3.13. The van der Waals surface area contributed by atoms with Crippen molar-refractivity contribution in [3.63, 3.8) is 0 Å². The fourth-order valence-electron chi connectivity index (χ4n) is 1.92. The van der Waals surface area contributed by atoms with E-state index in [4.69, 9.17) is 16.0 Å². The van der Waals surface area contributed by atoms with Gasteiger partial charge in [0.15, 0.2) is 0 Å². The van der Waals surface area contributed by atoms with Crippen molar-refractivity contribution in [3.8, 4) is 0 Å². The van der Waals surface area contributed by atoms with Crippen LogP contribution in [0.5, 0.6) is 0 Å². The molecule has 1 nitrogen and oxygen atoms in total. The number of aryl methyl sites for hydroxylation is 3. The molecule has 0 saturated heterocycles. The van der Waals surface area contributed by atoms with Crippen LogP contribution < -0.4 is 0 Å². The predicted octanol–water partition coefficient (Wildman–Crippen LogP) is 4.90. The Morgan fingerprint density at radius 2 is 1.81 bits per heavy atom. The minimum atomic E-state index is -0.0869. The Labute approximate surface area is 105 Å². The average Bonchev–Trinajstić information content (AvgIpc) is 2.73. The number of thiophene rings is 1. The lowest BCUT2D eigenvalue weighted by Gasteiger charge is -2.07. The van der Waals surface area contributed by atoms with E-state index in [9.17, 15) is 0 Å². The van der Waals surface area contributed by atoms with Gasteiger partial charge in [-0.15, -0.1) is 22.9 Å². The van der Waals surface area contributed by atoms with Gasteiger partial charge in [0, 0.05) is 15.3 Å². The van der Waals surface area contributed by atoms with E-state index in [0.717, 1.165) is 17.1 Å². The SMILES string of the molecule is Cc1ccc(C(Cl)c2c(C)oc(C)c2C)s1. The molecule has 0 bridgehead atoms. The lowest BCUT2D eigenvalue weighted by Crippen LogP contribution is -1.93. The Bertz CT molecular complexity index is 510. The Morgan fingerprint density at radius 3 is 2.25 bits per heavy atom. The van der Waals surface area contributed by atoms with E-state index in [1.807, 2.05) is 13.8 Å². The van der Waals surface area contributed by atoms with Gasteiger partial charge in [-0.2, -0.15) is 0 Å². The van der Waals surface area contributed by atoms with Crippen LogP contribution in [0.4, 0.5) is 0 Å². The first-order valence-electron chi connectivity index (χ1n) is 5.27. The van der Waals surface area contributed by atoms with Gasteiger partial charge in [-0.3, -0.25) is 0 Å². The highest BCUT2D eigenvalue weighted by atomic mass is 35.5. The first-order valence-corrected chi connectivity index (χ1v) is 6.53. The fraction of sp³-hybridized carbons (Fsp3) is 0.385. The van der Waals surface area contributed by atoms with Crippen molar-refractivity contribution >= 4 is 22.9 Å². The smallest absolute Gasteiger partial charge is 0.106 e. The van der Waals surface area contributed by atoms with Crippen molar-refractivity contribution in [2.75, 3.05) is 0 Å². The summed E-state index contributed by atoms with van der Waals surface area (Å²) in [5, 5.41) is -0.0869. The molecule has 0 aliphatic rings. The van der Waals surface area contributed by atoms with Crippen LogP contribution in [-0.4, -0.2) is 0 Å². The zero-order chi connectivity index (χ0) is 11.9. The second kappa shape index (κ2) is 4.27.